The zero-order chi connectivity index (χ0) is 10.4. The Morgan fingerprint density at radius 2 is 2.29 bits per heavy atom. The van der Waals surface area contributed by atoms with Crippen molar-refractivity contribution >= 4 is 5.91 Å². The van der Waals surface area contributed by atoms with Gasteiger partial charge in [0.1, 0.15) is 0 Å². The lowest BCUT2D eigenvalue weighted by Gasteiger charge is -2.23. The first-order chi connectivity index (χ1) is 6.75. The van der Waals surface area contributed by atoms with Gasteiger partial charge in [0.05, 0.1) is 6.04 Å². The average molecular weight is 199 g/mol. The van der Waals surface area contributed by atoms with E-state index in [0.717, 1.165) is 45.4 Å². The monoisotopic (exact) mass is 199 g/mol. The van der Waals surface area contributed by atoms with Crippen LogP contribution in [0.25, 0.3) is 0 Å². The van der Waals surface area contributed by atoms with Crippen molar-refractivity contribution in [2.45, 2.75) is 32.2 Å². The highest BCUT2D eigenvalue weighted by Crippen LogP contribution is 2.02. The van der Waals surface area contributed by atoms with Gasteiger partial charge in [-0.2, -0.15) is 0 Å². The molecule has 3 N–H and O–H groups in total. The van der Waals surface area contributed by atoms with E-state index in [1.54, 1.807) is 0 Å². The molecule has 0 unspecified atom stereocenters. The summed E-state index contributed by atoms with van der Waals surface area (Å²) in [6.07, 6.45) is 2.80. The largest absolute Gasteiger partial charge is 0.340 e. The molecule has 0 spiro atoms. The van der Waals surface area contributed by atoms with Crippen molar-refractivity contribution in [2.75, 3.05) is 26.2 Å². The molecule has 1 heterocycles. The molecule has 0 radical (unpaired) electrons. The molecule has 14 heavy (non-hydrogen) atoms. The van der Waals surface area contributed by atoms with Crippen LogP contribution in [-0.4, -0.2) is 43.0 Å². The number of nitrogens with one attached hydrogen (secondary N) is 1. The molecular formula is C10H21N3O. The van der Waals surface area contributed by atoms with Gasteiger partial charge in [0.2, 0.25) is 5.91 Å². The lowest BCUT2D eigenvalue weighted by atomic mass is 10.1. The van der Waals surface area contributed by atoms with Crippen molar-refractivity contribution in [3.8, 4) is 0 Å². The Morgan fingerprint density at radius 1 is 1.50 bits per heavy atom. The van der Waals surface area contributed by atoms with Crippen molar-refractivity contribution in [3.63, 3.8) is 0 Å². The van der Waals surface area contributed by atoms with E-state index < -0.39 is 0 Å². The third-order valence-electron chi connectivity index (χ3n) is 2.57. The van der Waals surface area contributed by atoms with Gasteiger partial charge in [-0.05, 0) is 19.4 Å². The van der Waals surface area contributed by atoms with Gasteiger partial charge in [-0.15, -0.1) is 0 Å². The molecule has 4 nitrogen and oxygen atoms in total. The number of nitrogens with zero attached hydrogens (tertiary/aromatic N) is 1. The second kappa shape index (κ2) is 5.98. The SMILES string of the molecule is CCC[C@H](N)C(=O)N1CCCNCC1. The molecule has 1 amide bonds. The number of hydrogen-bond acceptors (Lipinski definition) is 3. The lowest BCUT2D eigenvalue weighted by molar-refractivity contribution is -0.132. The highest BCUT2D eigenvalue weighted by Gasteiger charge is 2.20. The van der Waals surface area contributed by atoms with Gasteiger partial charge in [0.15, 0.2) is 0 Å². The summed E-state index contributed by atoms with van der Waals surface area (Å²) >= 11 is 0. The van der Waals surface area contributed by atoms with Crippen molar-refractivity contribution in [2.24, 2.45) is 5.73 Å². The van der Waals surface area contributed by atoms with Crippen molar-refractivity contribution in [1.82, 2.24) is 10.2 Å². The fourth-order valence-electron chi connectivity index (χ4n) is 1.74. The minimum absolute atomic E-state index is 0.121. The Kier molecular flexibility index (Phi) is 4.90. The predicted octanol–water partition coefficient (Wildman–Crippen LogP) is -0.0643. The predicted molar refractivity (Wildman–Crippen MR) is 57.0 cm³/mol. The maximum Gasteiger partial charge on any atom is 0.239 e. The first kappa shape index (κ1) is 11.5. The van der Waals surface area contributed by atoms with Crippen molar-refractivity contribution in [1.29, 1.82) is 0 Å². The maximum absolute atomic E-state index is 11.8. The molecule has 1 aliphatic heterocycles. The van der Waals surface area contributed by atoms with Gasteiger partial charge in [-0.3, -0.25) is 4.79 Å². The van der Waals surface area contributed by atoms with Crippen LogP contribution < -0.4 is 11.1 Å². The molecule has 0 aromatic heterocycles. The molecule has 1 rings (SSSR count). The van der Waals surface area contributed by atoms with E-state index >= 15 is 0 Å². The summed E-state index contributed by atoms with van der Waals surface area (Å²) in [5.41, 5.74) is 5.80. The molecule has 0 aromatic carbocycles. The lowest BCUT2D eigenvalue weighted by Crippen LogP contribution is -2.45. The fourth-order valence-corrected chi connectivity index (χ4v) is 1.74. The van der Waals surface area contributed by atoms with Crippen LogP contribution in [0.5, 0.6) is 0 Å². The zero-order valence-corrected chi connectivity index (χ0v) is 8.96. The Balaban J connectivity index is 2.40. The molecule has 0 bridgehead atoms. The quantitative estimate of drug-likeness (QED) is 0.669. The van der Waals surface area contributed by atoms with E-state index in [-0.39, 0.29) is 11.9 Å². The fraction of sp³-hybridized carbons (Fsp3) is 0.900. The molecule has 0 aliphatic carbocycles. The van der Waals surface area contributed by atoms with E-state index in [4.69, 9.17) is 5.73 Å². The highest BCUT2D eigenvalue weighted by atomic mass is 16.2. The van der Waals surface area contributed by atoms with Crippen LogP contribution in [0.2, 0.25) is 0 Å². The second-order valence-corrected chi connectivity index (χ2v) is 3.82. The first-order valence-electron chi connectivity index (χ1n) is 5.50. The maximum atomic E-state index is 11.8. The molecular weight excluding hydrogens is 178 g/mol. The Morgan fingerprint density at radius 3 is 3.00 bits per heavy atom. The van der Waals surface area contributed by atoms with Gasteiger partial charge < -0.3 is 16.0 Å². The molecule has 1 fully saturated rings. The second-order valence-electron chi connectivity index (χ2n) is 3.82. The topological polar surface area (TPSA) is 58.4 Å². The number of rotatable bonds is 3. The van der Waals surface area contributed by atoms with Crippen molar-refractivity contribution in [3.05, 3.63) is 0 Å². The summed E-state index contributed by atoms with van der Waals surface area (Å²) in [6, 6.07) is -0.293. The van der Waals surface area contributed by atoms with Crippen LogP contribution in [0.1, 0.15) is 26.2 Å². The van der Waals surface area contributed by atoms with Gasteiger partial charge in [-0.25, -0.2) is 0 Å². The molecule has 1 aliphatic rings. The van der Waals surface area contributed by atoms with E-state index in [9.17, 15) is 4.79 Å². The van der Waals surface area contributed by atoms with Crippen LogP contribution in [0, 0.1) is 0 Å². The zero-order valence-electron chi connectivity index (χ0n) is 8.96. The first-order valence-corrected chi connectivity index (χ1v) is 5.50. The standard InChI is InChI=1S/C10H21N3O/c1-2-4-9(11)10(14)13-7-3-5-12-6-8-13/h9,12H,2-8,11H2,1H3/t9-/m0/s1. The van der Waals surface area contributed by atoms with Crippen LogP contribution in [-0.2, 0) is 4.79 Å². The number of amides is 1. The molecule has 4 heteroatoms. The van der Waals surface area contributed by atoms with E-state index in [0.29, 0.717) is 0 Å². The summed E-state index contributed by atoms with van der Waals surface area (Å²) in [7, 11) is 0. The third kappa shape index (κ3) is 3.27. The highest BCUT2D eigenvalue weighted by molar-refractivity contribution is 5.81. The van der Waals surface area contributed by atoms with Crippen molar-refractivity contribution < 1.29 is 4.79 Å². The van der Waals surface area contributed by atoms with Crippen LogP contribution in [0.3, 0.4) is 0 Å². The number of carbonyl (C=O) groups is 1. The Bertz CT molecular complexity index is 176. The molecule has 0 aromatic rings. The Labute approximate surface area is 85.8 Å². The molecule has 1 saturated heterocycles. The number of carbonyl (C=O) groups excluding carboxylic acids is 1. The van der Waals surface area contributed by atoms with E-state index in [1.165, 1.54) is 0 Å². The molecule has 0 saturated carbocycles. The van der Waals surface area contributed by atoms with Gasteiger partial charge in [0, 0.05) is 19.6 Å². The van der Waals surface area contributed by atoms with Gasteiger partial charge in [-0.1, -0.05) is 13.3 Å². The number of hydrogen-bond donors (Lipinski definition) is 2. The van der Waals surface area contributed by atoms with E-state index in [1.807, 2.05) is 4.90 Å². The smallest absolute Gasteiger partial charge is 0.239 e. The van der Waals surface area contributed by atoms with Crippen LogP contribution in [0.4, 0.5) is 0 Å². The third-order valence-corrected chi connectivity index (χ3v) is 2.57. The summed E-state index contributed by atoms with van der Waals surface area (Å²) in [6.45, 7) is 5.61. The summed E-state index contributed by atoms with van der Waals surface area (Å²) in [5, 5.41) is 3.27. The summed E-state index contributed by atoms with van der Waals surface area (Å²) < 4.78 is 0. The van der Waals surface area contributed by atoms with Crippen LogP contribution >= 0.6 is 0 Å². The minimum Gasteiger partial charge on any atom is -0.340 e. The number of nitrogens with two attached hydrogens (primary N) is 1. The Hall–Kier alpha value is -0.610. The van der Waals surface area contributed by atoms with E-state index in [2.05, 4.69) is 12.2 Å². The van der Waals surface area contributed by atoms with Crippen LogP contribution in [0.15, 0.2) is 0 Å². The summed E-state index contributed by atoms with van der Waals surface area (Å²) in [4.78, 5) is 13.7. The molecule has 1 atom stereocenters. The summed E-state index contributed by atoms with van der Waals surface area (Å²) in [5.74, 6) is 0.121. The average Bonchev–Trinajstić information content (AvgIpc) is 2.45. The normalized spacial score (nSPS) is 20.3. The van der Waals surface area contributed by atoms with Gasteiger partial charge >= 0.3 is 0 Å². The minimum atomic E-state index is -0.293. The molecule has 82 valence electrons. The van der Waals surface area contributed by atoms with Gasteiger partial charge in [0.25, 0.3) is 0 Å².